The number of halogens is 3. The third-order valence-corrected chi connectivity index (χ3v) is 5.73. The molecule has 0 atom stereocenters. The lowest BCUT2D eigenvalue weighted by Gasteiger charge is -2.14. The van der Waals surface area contributed by atoms with Crippen LogP contribution in [0.1, 0.15) is 24.8 Å². The molecule has 0 radical (unpaired) electrons. The van der Waals surface area contributed by atoms with Crippen molar-refractivity contribution < 1.29 is 13.6 Å². The topological polar surface area (TPSA) is 79.3 Å². The lowest BCUT2D eigenvalue weighted by molar-refractivity contribution is 0.251. The van der Waals surface area contributed by atoms with E-state index in [-0.39, 0.29) is 30.5 Å². The van der Waals surface area contributed by atoms with Gasteiger partial charge in [-0.05, 0) is 80.9 Å². The summed E-state index contributed by atoms with van der Waals surface area (Å²) in [6, 6.07) is 13.1. The van der Waals surface area contributed by atoms with Crippen LogP contribution in [0.3, 0.4) is 0 Å². The molecule has 4 rings (SSSR count). The molecule has 3 aromatic rings. The van der Waals surface area contributed by atoms with Gasteiger partial charge in [0.15, 0.2) is 11.6 Å². The van der Waals surface area contributed by atoms with Gasteiger partial charge in [0.2, 0.25) is 0 Å². The Kier molecular flexibility index (Phi) is 9.33. The molecule has 2 aromatic carbocycles. The van der Waals surface area contributed by atoms with Crippen LogP contribution in [0, 0.1) is 11.6 Å². The second-order valence-corrected chi connectivity index (χ2v) is 8.33. The minimum Gasteiger partial charge on any atom is -0.338 e. The third kappa shape index (κ3) is 7.34. The largest absolute Gasteiger partial charge is 0.338 e. The lowest BCUT2D eigenvalue weighted by Crippen LogP contribution is -2.32. The summed E-state index contributed by atoms with van der Waals surface area (Å²) in [5.74, 6) is -1.93. The zero-order chi connectivity index (χ0) is 23.9. The van der Waals surface area contributed by atoms with E-state index in [0.717, 1.165) is 43.8 Å². The van der Waals surface area contributed by atoms with Gasteiger partial charge in [-0.15, -0.1) is 12.4 Å². The van der Waals surface area contributed by atoms with Crippen LogP contribution < -0.4 is 16.2 Å². The number of urea groups is 1. The Labute approximate surface area is 208 Å². The standard InChI is InChI=1S/C25H27F2N5O2.ClH/c26-21-8-7-19(16-22(21)27)23-9-10-24(33)32(30-23)17-18-5-3-6-20(15-18)29-25(34)28-11-4-14-31-12-1-2-13-31;/h3,5-10,15-16H,1-2,4,11-14,17H2,(H2,28,29,34);1H. The van der Waals surface area contributed by atoms with E-state index in [4.69, 9.17) is 0 Å². The summed E-state index contributed by atoms with van der Waals surface area (Å²) in [6.07, 6.45) is 3.40. The minimum atomic E-state index is -0.981. The van der Waals surface area contributed by atoms with E-state index in [2.05, 4.69) is 20.6 Å². The van der Waals surface area contributed by atoms with E-state index in [0.29, 0.717) is 23.5 Å². The molecule has 10 heteroatoms. The van der Waals surface area contributed by atoms with Crippen LogP contribution in [0.15, 0.2) is 59.4 Å². The quantitative estimate of drug-likeness (QED) is 0.450. The van der Waals surface area contributed by atoms with Gasteiger partial charge in [0.05, 0.1) is 12.2 Å². The highest BCUT2D eigenvalue weighted by Crippen LogP contribution is 2.19. The van der Waals surface area contributed by atoms with E-state index < -0.39 is 11.6 Å². The number of benzene rings is 2. The van der Waals surface area contributed by atoms with Gasteiger partial charge in [-0.1, -0.05) is 12.1 Å². The van der Waals surface area contributed by atoms with E-state index in [9.17, 15) is 18.4 Å². The van der Waals surface area contributed by atoms with Crippen LogP contribution in [0.25, 0.3) is 11.3 Å². The fourth-order valence-electron chi connectivity index (χ4n) is 3.98. The van der Waals surface area contributed by atoms with Crippen LogP contribution in [-0.2, 0) is 6.54 Å². The average molecular weight is 504 g/mol. The molecule has 1 saturated heterocycles. The maximum Gasteiger partial charge on any atom is 0.319 e. The Balaban J connectivity index is 0.00000342. The molecule has 186 valence electrons. The van der Waals surface area contributed by atoms with Crippen LogP contribution in [0.2, 0.25) is 0 Å². The molecule has 0 bridgehead atoms. The van der Waals surface area contributed by atoms with Gasteiger partial charge in [-0.25, -0.2) is 18.3 Å². The third-order valence-electron chi connectivity index (χ3n) is 5.73. The molecule has 1 aromatic heterocycles. The first-order valence-electron chi connectivity index (χ1n) is 11.4. The molecule has 1 aliphatic heterocycles. The first-order valence-corrected chi connectivity index (χ1v) is 11.4. The van der Waals surface area contributed by atoms with Crippen molar-refractivity contribution >= 4 is 24.1 Å². The zero-order valence-corrected chi connectivity index (χ0v) is 20.0. The molecule has 1 aliphatic rings. The summed E-state index contributed by atoms with van der Waals surface area (Å²) in [5, 5.41) is 9.97. The summed E-state index contributed by atoms with van der Waals surface area (Å²) in [4.78, 5) is 26.9. The fraction of sp³-hybridized carbons (Fsp3) is 0.320. The van der Waals surface area contributed by atoms with Crippen LogP contribution in [0.5, 0.6) is 0 Å². The predicted molar refractivity (Wildman–Crippen MR) is 134 cm³/mol. The number of anilines is 1. The number of likely N-dealkylation sites (tertiary alicyclic amines) is 1. The summed E-state index contributed by atoms with van der Waals surface area (Å²) in [6.45, 7) is 4.02. The summed E-state index contributed by atoms with van der Waals surface area (Å²) < 4.78 is 28.1. The first kappa shape index (κ1) is 26.3. The van der Waals surface area contributed by atoms with Crippen molar-refractivity contribution in [3.8, 4) is 11.3 Å². The molecule has 1 fully saturated rings. The maximum absolute atomic E-state index is 13.6. The molecule has 0 unspecified atom stereocenters. The van der Waals surface area contributed by atoms with Crippen LogP contribution in [0.4, 0.5) is 19.3 Å². The van der Waals surface area contributed by atoms with Gasteiger partial charge in [0.25, 0.3) is 5.56 Å². The molecular formula is C25H28ClF2N5O2. The Morgan fingerprint density at radius 1 is 1.00 bits per heavy atom. The van der Waals surface area contributed by atoms with Crippen molar-refractivity contribution in [1.82, 2.24) is 20.0 Å². The van der Waals surface area contributed by atoms with Gasteiger partial charge < -0.3 is 15.5 Å². The van der Waals surface area contributed by atoms with Crippen LogP contribution in [-0.4, -0.2) is 46.9 Å². The van der Waals surface area contributed by atoms with Crippen molar-refractivity contribution in [3.63, 3.8) is 0 Å². The summed E-state index contributed by atoms with van der Waals surface area (Å²) in [5.41, 5.74) is 1.73. The molecular weight excluding hydrogens is 476 g/mol. The predicted octanol–water partition coefficient (Wildman–Crippen LogP) is 4.27. The molecule has 0 aliphatic carbocycles. The Bertz CT molecular complexity index is 1210. The van der Waals surface area contributed by atoms with E-state index in [1.165, 1.54) is 35.7 Å². The van der Waals surface area contributed by atoms with Gasteiger partial charge in [-0.2, -0.15) is 5.10 Å². The number of carbonyl (C=O) groups excluding carboxylic acids is 1. The molecule has 2 amide bonds. The number of amides is 2. The highest BCUT2D eigenvalue weighted by molar-refractivity contribution is 5.89. The number of hydrogen-bond donors (Lipinski definition) is 2. The van der Waals surface area contributed by atoms with Crippen molar-refractivity contribution in [2.45, 2.75) is 25.8 Å². The number of hydrogen-bond acceptors (Lipinski definition) is 4. The number of carbonyl (C=O) groups is 1. The molecule has 2 heterocycles. The minimum absolute atomic E-state index is 0. The van der Waals surface area contributed by atoms with E-state index in [1.54, 1.807) is 18.2 Å². The van der Waals surface area contributed by atoms with E-state index >= 15 is 0 Å². The Morgan fingerprint density at radius 3 is 2.57 bits per heavy atom. The van der Waals surface area contributed by atoms with Crippen molar-refractivity contribution in [1.29, 1.82) is 0 Å². The molecule has 7 nitrogen and oxygen atoms in total. The number of nitrogens with one attached hydrogen (secondary N) is 2. The second kappa shape index (κ2) is 12.4. The zero-order valence-electron chi connectivity index (χ0n) is 19.2. The maximum atomic E-state index is 13.6. The van der Waals surface area contributed by atoms with Crippen molar-refractivity contribution in [3.05, 3.63) is 82.1 Å². The number of rotatable bonds is 8. The Morgan fingerprint density at radius 2 is 1.80 bits per heavy atom. The number of aromatic nitrogens is 2. The Hall–Kier alpha value is -3.30. The van der Waals surface area contributed by atoms with Crippen molar-refractivity contribution in [2.24, 2.45) is 0 Å². The van der Waals surface area contributed by atoms with Crippen molar-refractivity contribution in [2.75, 3.05) is 31.5 Å². The van der Waals surface area contributed by atoms with Gasteiger partial charge in [-0.3, -0.25) is 4.79 Å². The molecule has 0 saturated carbocycles. The number of nitrogens with zero attached hydrogens (tertiary/aromatic N) is 3. The average Bonchev–Trinajstić information content (AvgIpc) is 3.34. The van der Waals surface area contributed by atoms with Gasteiger partial charge in [0.1, 0.15) is 0 Å². The fourth-order valence-corrected chi connectivity index (χ4v) is 3.98. The summed E-state index contributed by atoms with van der Waals surface area (Å²) >= 11 is 0. The normalized spacial score (nSPS) is 13.3. The highest BCUT2D eigenvalue weighted by atomic mass is 35.5. The molecule has 2 N–H and O–H groups in total. The van der Waals surface area contributed by atoms with Gasteiger partial charge >= 0.3 is 6.03 Å². The first-order chi connectivity index (χ1) is 16.5. The lowest BCUT2D eigenvalue weighted by atomic mass is 10.1. The van der Waals surface area contributed by atoms with Crippen LogP contribution >= 0.6 is 12.4 Å². The second-order valence-electron chi connectivity index (χ2n) is 8.33. The molecule has 0 spiro atoms. The molecule has 35 heavy (non-hydrogen) atoms. The van der Waals surface area contributed by atoms with E-state index in [1.807, 2.05) is 6.07 Å². The summed E-state index contributed by atoms with van der Waals surface area (Å²) in [7, 11) is 0. The monoisotopic (exact) mass is 503 g/mol. The van der Waals surface area contributed by atoms with Gasteiger partial charge in [0, 0.05) is 23.9 Å². The smallest absolute Gasteiger partial charge is 0.319 e. The SMILES string of the molecule is Cl.O=C(NCCCN1CCCC1)Nc1cccc(Cn2nc(-c3ccc(F)c(F)c3)ccc2=O)c1. The highest BCUT2D eigenvalue weighted by Gasteiger charge is 2.11.